The van der Waals surface area contributed by atoms with E-state index in [1.165, 1.54) is 17.1 Å². The SMILES string of the molecule is Cc1cc2c(s1)SCCC2C. The highest BCUT2D eigenvalue weighted by molar-refractivity contribution is 8.01. The van der Waals surface area contributed by atoms with Gasteiger partial charge in [-0.1, -0.05) is 6.92 Å². The summed E-state index contributed by atoms with van der Waals surface area (Å²) in [4.78, 5) is 1.47. The number of thiophene rings is 1. The van der Waals surface area contributed by atoms with E-state index in [0.29, 0.717) is 0 Å². The molecule has 0 saturated carbocycles. The van der Waals surface area contributed by atoms with Crippen molar-refractivity contribution in [3.8, 4) is 0 Å². The maximum Gasteiger partial charge on any atom is 0.0636 e. The van der Waals surface area contributed by atoms with Crippen molar-refractivity contribution in [2.75, 3.05) is 5.75 Å². The van der Waals surface area contributed by atoms with E-state index in [2.05, 4.69) is 19.9 Å². The van der Waals surface area contributed by atoms with Crippen molar-refractivity contribution in [1.29, 1.82) is 0 Å². The number of thioether (sulfide) groups is 1. The molecule has 60 valence electrons. The fourth-order valence-electron chi connectivity index (χ4n) is 1.45. The molecule has 1 atom stereocenters. The lowest BCUT2D eigenvalue weighted by Gasteiger charge is -2.16. The third-order valence-electron chi connectivity index (χ3n) is 2.16. The van der Waals surface area contributed by atoms with Crippen LogP contribution >= 0.6 is 23.1 Å². The van der Waals surface area contributed by atoms with E-state index < -0.39 is 0 Å². The van der Waals surface area contributed by atoms with Gasteiger partial charge in [0.1, 0.15) is 0 Å². The van der Waals surface area contributed by atoms with Gasteiger partial charge in [0.15, 0.2) is 0 Å². The monoisotopic (exact) mass is 184 g/mol. The van der Waals surface area contributed by atoms with Gasteiger partial charge in [-0.2, -0.15) is 0 Å². The number of hydrogen-bond donors (Lipinski definition) is 0. The Morgan fingerprint density at radius 2 is 2.36 bits per heavy atom. The third kappa shape index (κ3) is 1.34. The van der Waals surface area contributed by atoms with Crippen LogP contribution < -0.4 is 0 Å². The number of fused-ring (bicyclic) bond motifs is 1. The third-order valence-corrected chi connectivity index (χ3v) is 4.57. The summed E-state index contributed by atoms with van der Waals surface area (Å²) in [5, 5.41) is 0. The molecule has 0 nitrogen and oxygen atoms in total. The zero-order valence-electron chi connectivity index (χ0n) is 6.89. The normalized spacial score (nSPS) is 23.3. The van der Waals surface area contributed by atoms with Crippen LogP contribution in [-0.4, -0.2) is 5.75 Å². The highest BCUT2D eigenvalue weighted by atomic mass is 32.2. The van der Waals surface area contributed by atoms with Gasteiger partial charge in [0, 0.05) is 4.88 Å². The van der Waals surface area contributed by atoms with Crippen LogP contribution in [0.1, 0.15) is 29.7 Å². The Kier molecular flexibility index (Phi) is 1.98. The van der Waals surface area contributed by atoms with Crippen LogP contribution in [0.3, 0.4) is 0 Å². The molecule has 0 saturated heterocycles. The first-order valence-corrected chi connectivity index (χ1v) is 5.80. The molecule has 0 amide bonds. The van der Waals surface area contributed by atoms with Crippen LogP contribution in [0.4, 0.5) is 0 Å². The van der Waals surface area contributed by atoms with E-state index in [-0.39, 0.29) is 0 Å². The average Bonchev–Trinajstić information content (AvgIpc) is 2.31. The fourth-order valence-corrected chi connectivity index (χ4v) is 4.27. The van der Waals surface area contributed by atoms with Gasteiger partial charge in [-0.3, -0.25) is 0 Å². The molecule has 1 aromatic heterocycles. The second kappa shape index (κ2) is 2.83. The molecule has 0 fully saturated rings. The minimum Gasteiger partial charge on any atom is -0.134 e. The Bertz CT molecular complexity index is 263. The average molecular weight is 184 g/mol. The highest BCUT2D eigenvalue weighted by Crippen LogP contribution is 2.42. The van der Waals surface area contributed by atoms with Gasteiger partial charge in [0.05, 0.1) is 4.21 Å². The first-order valence-electron chi connectivity index (χ1n) is 4.00. The summed E-state index contributed by atoms with van der Waals surface area (Å²) in [5.41, 5.74) is 1.60. The Labute approximate surface area is 76.0 Å². The summed E-state index contributed by atoms with van der Waals surface area (Å²) in [7, 11) is 0. The number of rotatable bonds is 0. The summed E-state index contributed by atoms with van der Waals surface area (Å²) in [6.07, 6.45) is 1.36. The van der Waals surface area contributed by atoms with E-state index in [1.807, 2.05) is 23.1 Å². The Hall–Kier alpha value is 0.0500. The van der Waals surface area contributed by atoms with Crippen molar-refractivity contribution >= 4 is 23.1 Å². The number of hydrogen-bond acceptors (Lipinski definition) is 2. The predicted molar refractivity (Wildman–Crippen MR) is 52.8 cm³/mol. The molecule has 0 aromatic carbocycles. The van der Waals surface area contributed by atoms with Crippen LogP contribution in [0.5, 0.6) is 0 Å². The molecular weight excluding hydrogens is 172 g/mol. The van der Waals surface area contributed by atoms with E-state index in [9.17, 15) is 0 Å². The Balaban J connectivity index is 2.43. The van der Waals surface area contributed by atoms with Crippen LogP contribution in [0, 0.1) is 6.92 Å². The minimum atomic E-state index is 0.802. The second-order valence-electron chi connectivity index (χ2n) is 3.14. The molecule has 0 radical (unpaired) electrons. The van der Waals surface area contributed by atoms with Gasteiger partial charge in [-0.15, -0.1) is 23.1 Å². The quantitative estimate of drug-likeness (QED) is 0.593. The van der Waals surface area contributed by atoms with Crippen molar-refractivity contribution in [3.05, 3.63) is 16.5 Å². The van der Waals surface area contributed by atoms with E-state index in [4.69, 9.17) is 0 Å². The molecule has 2 rings (SSSR count). The molecule has 2 heteroatoms. The molecule has 0 bridgehead atoms. The van der Waals surface area contributed by atoms with E-state index in [0.717, 1.165) is 5.92 Å². The molecule has 2 heterocycles. The van der Waals surface area contributed by atoms with E-state index >= 15 is 0 Å². The Morgan fingerprint density at radius 1 is 1.55 bits per heavy atom. The molecule has 0 N–H and O–H groups in total. The van der Waals surface area contributed by atoms with Crippen LogP contribution in [-0.2, 0) is 0 Å². The van der Waals surface area contributed by atoms with E-state index in [1.54, 1.807) is 9.77 Å². The summed E-state index contributed by atoms with van der Waals surface area (Å²) >= 11 is 3.99. The minimum absolute atomic E-state index is 0.802. The smallest absolute Gasteiger partial charge is 0.0636 e. The summed E-state index contributed by atoms with van der Waals surface area (Å²) in [6.45, 7) is 4.54. The lowest BCUT2D eigenvalue weighted by molar-refractivity contribution is 0.721. The summed E-state index contributed by atoms with van der Waals surface area (Å²) in [6, 6.07) is 2.36. The van der Waals surface area contributed by atoms with Crippen molar-refractivity contribution in [1.82, 2.24) is 0 Å². The maximum absolute atomic E-state index is 2.36. The fraction of sp³-hybridized carbons (Fsp3) is 0.556. The van der Waals surface area contributed by atoms with Crippen molar-refractivity contribution in [2.24, 2.45) is 0 Å². The van der Waals surface area contributed by atoms with Crippen molar-refractivity contribution < 1.29 is 0 Å². The Morgan fingerprint density at radius 3 is 3.09 bits per heavy atom. The van der Waals surface area contributed by atoms with Gasteiger partial charge in [-0.05, 0) is 36.6 Å². The van der Waals surface area contributed by atoms with Crippen LogP contribution in [0.25, 0.3) is 0 Å². The highest BCUT2D eigenvalue weighted by Gasteiger charge is 2.18. The summed E-state index contributed by atoms with van der Waals surface area (Å²) in [5.74, 6) is 2.12. The summed E-state index contributed by atoms with van der Waals surface area (Å²) < 4.78 is 1.57. The first-order chi connectivity index (χ1) is 5.27. The molecular formula is C9H12S2. The molecule has 0 spiro atoms. The predicted octanol–water partition coefficient (Wildman–Crippen LogP) is 3.66. The maximum atomic E-state index is 2.36. The first kappa shape index (κ1) is 7.69. The van der Waals surface area contributed by atoms with Gasteiger partial charge in [0.25, 0.3) is 0 Å². The molecule has 11 heavy (non-hydrogen) atoms. The molecule has 1 aromatic rings. The van der Waals surface area contributed by atoms with Crippen LogP contribution in [0.15, 0.2) is 10.3 Å². The molecule has 1 unspecified atom stereocenters. The molecule has 1 aliphatic heterocycles. The van der Waals surface area contributed by atoms with Crippen molar-refractivity contribution in [3.63, 3.8) is 0 Å². The zero-order chi connectivity index (χ0) is 7.84. The number of aryl methyl sites for hydroxylation is 1. The van der Waals surface area contributed by atoms with Gasteiger partial charge in [0.2, 0.25) is 0 Å². The standard InChI is InChI=1S/C9H12S2/c1-6-3-4-10-9-8(6)5-7(2)11-9/h5-6H,3-4H2,1-2H3. The second-order valence-corrected chi connectivity index (χ2v) is 5.76. The lowest BCUT2D eigenvalue weighted by Crippen LogP contribution is -1.99. The lowest BCUT2D eigenvalue weighted by atomic mass is 10.0. The van der Waals surface area contributed by atoms with Gasteiger partial charge < -0.3 is 0 Å². The largest absolute Gasteiger partial charge is 0.134 e. The van der Waals surface area contributed by atoms with Crippen molar-refractivity contribution in [2.45, 2.75) is 30.4 Å². The zero-order valence-corrected chi connectivity index (χ0v) is 8.52. The topological polar surface area (TPSA) is 0 Å². The molecule has 0 aliphatic carbocycles. The molecule has 1 aliphatic rings. The van der Waals surface area contributed by atoms with Gasteiger partial charge >= 0.3 is 0 Å². The van der Waals surface area contributed by atoms with Crippen LogP contribution in [0.2, 0.25) is 0 Å². The van der Waals surface area contributed by atoms with Gasteiger partial charge in [-0.25, -0.2) is 0 Å².